The van der Waals surface area contributed by atoms with E-state index in [1.54, 1.807) is 6.20 Å². The predicted molar refractivity (Wildman–Crippen MR) is 83.0 cm³/mol. The molecule has 3 heterocycles. The summed E-state index contributed by atoms with van der Waals surface area (Å²) in [5.74, 6) is 2.09. The Balaban J connectivity index is 1.68. The van der Waals surface area contributed by atoms with E-state index in [9.17, 15) is 0 Å². The third-order valence-corrected chi connectivity index (χ3v) is 4.28. The average molecular weight is 297 g/mol. The van der Waals surface area contributed by atoms with Crippen molar-refractivity contribution < 1.29 is 4.52 Å². The van der Waals surface area contributed by atoms with E-state index in [2.05, 4.69) is 27.2 Å². The third kappa shape index (κ3) is 2.15. The highest BCUT2D eigenvalue weighted by Gasteiger charge is 2.21. The zero-order valence-corrected chi connectivity index (χ0v) is 12.9. The number of fused-ring (bicyclic) bond motifs is 2. The number of aromatic nitrogens is 4. The standard InChI is InChI=1S/C16H19N5O/c1-11-9-16(21-15(18-11)7-8-17-21)20(2)10-13-12-5-3-4-6-14(12)22-19-13/h7-9H,3-6,10H2,1-2H3. The molecule has 0 aliphatic heterocycles. The van der Waals surface area contributed by atoms with Crippen LogP contribution in [-0.4, -0.2) is 26.8 Å². The van der Waals surface area contributed by atoms with Gasteiger partial charge in [0.2, 0.25) is 0 Å². The summed E-state index contributed by atoms with van der Waals surface area (Å²) in [5, 5.41) is 8.66. The Bertz CT molecular complexity index is 819. The van der Waals surface area contributed by atoms with Crippen molar-refractivity contribution in [2.24, 2.45) is 0 Å². The van der Waals surface area contributed by atoms with Crippen LogP contribution in [0.2, 0.25) is 0 Å². The van der Waals surface area contributed by atoms with E-state index in [0.29, 0.717) is 0 Å². The van der Waals surface area contributed by atoms with Crippen molar-refractivity contribution in [3.63, 3.8) is 0 Å². The van der Waals surface area contributed by atoms with E-state index in [4.69, 9.17) is 4.52 Å². The van der Waals surface area contributed by atoms with Crippen molar-refractivity contribution in [1.82, 2.24) is 19.8 Å². The van der Waals surface area contributed by atoms with Crippen LogP contribution in [0.1, 0.15) is 35.6 Å². The molecule has 1 aliphatic carbocycles. The molecule has 0 N–H and O–H groups in total. The Kier molecular flexibility index (Phi) is 3.10. The van der Waals surface area contributed by atoms with E-state index in [1.807, 2.05) is 23.6 Å². The Morgan fingerprint density at radius 1 is 1.32 bits per heavy atom. The van der Waals surface area contributed by atoms with Crippen molar-refractivity contribution in [2.75, 3.05) is 11.9 Å². The lowest BCUT2D eigenvalue weighted by Gasteiger charge is -2.20. The van der Waals surface area contributed by atoms with E-state index >= 15 is 0 Å². The molecule has 0 unspecified atom stereocenters. The molecule has 6 heteroatoms. The van der Waals surface area contributed by atoms with Crippen LogP contribution in [0, 0.1) is 6.92 Å². The van der Waals surface area contributed by atoms with Crippen LogP contribution < -0.4 is 4.90 Å². The van der Waals surface area contributed by atoms with Gasteiger partial charge in [-0.05, 0) is 26.2 Å². The second kappa shape index (κ2) is 5.12. The molecule has 0 radical (unpaired) electrons. The molecule has 1 aliphatic rings. The van der Waals surface area contributed by atoms with Gasteiger partial charge in [-0.25, -0.2) is 4.98 Å². The van der Waals surface area contributed by atoms with Gasteiger partial charge in [0.05, 0.1) is 12.7 Å². The number of hydrogen-bond donors (Lipinski definition) is 0. The van der Waals surface area contributed by atoms with Crippen molar-refractivity contribution in [3.8, 4) is 0 Å². The van der Waals surface area contributed by atoms with Gasteiger partial charge in [-0.2, -0.15) is 9.61 Å². The number of anilines is 1. The first-order chi connectivity index (χ1) is 10.7. The first kappa shape index (κ1) is 13.3. The average Bonchev–Trinajstić information content (AvgIpc) is 3.13. The van der Waals surface area contributed by atoms with Gasteiger partial charge in [0.25, 0.3) is 0 Å². The van der Waals surface area contributed by atoms with E-state index < -0.39 is 0 Å². The van der Waals surface area contributed by atoms with Crippen LogP contribution >= 0.6 is 0 Å². The van der Waals surface area contributed by atoms with Gasteiger partial charge in [0, 0.05) is 36.9 Å². The summed E-state index contributed by atoms with van der Waals surface area (Å²) in [4.78, 5) is 6.64. The Hall–Kier alpha value is -2.37. The maximum atomic E-state index is 5.51. The molecule has 22 heavy (non-hydrogen) atoms. The fraction of sp³-hybridized carbons (Fsp3) is 0.438. The molecule has 0 bridgehead atoms. The number of rotatable bonds is 3. The summed E-state index contributed by atoms with van der Waals surface area (Å²) >= 11 is 0. The summed E-state index contributed by atoms with van der Waals surface area (Å²) in [5.41, 5.74) is 4.20. The zero-order valence-electron chi connectivity index (χ0n) is 12.9. The summed E-state index contributed by atoms with van der Waals surface area (Å²) in [7, 11) is 2.06. The first-order valence-electron chi connectivity index (χ1n) is 7.71. The summed E-state index contributed by atoms with van der Waals surface area (Å²) in [6.07, 6.45) is 6.30. The van der Waals surface area contributed by atoms with Crippen LogP contribution in [-0.2, 0) is 19.4 Å². The SMILES string of the molecule is Cc1cc(N(C)Cc2noc3c2CCCC3)n2nccc2n1. The lowest BCUT2D eigenvalue weighted by Crippen LogP contribution is -2.21. The van der Waals surface area contributed by atoms with E-state index in [1.165, 1.54) is 18.4 Å². The van der Waals surface area contributed by atoms with Crippen LogP contribution in [0.5, 0.6) is 0 Å². The molecule has 0 saturated heterocycles. The predicted octanol–water partition coefficient (Wildman–Crippen LogP) is 2.54. The van der Waals surface area contributed by atoms with Crippen molar-refractivity contribution >= 4 is 11.5 Å². The third-order valence-electron chi connectivity index (χ3n) is 4.28. The van der Waals surface area contributed by atoms with Crippen LogP contribution in [0.25, 0.3) is 5.65 Å². The minimum Gasteiger partial charge on any atom is -0.361 e. The fourth-order valence-corrected chi connectivity index (χ4v) is 3.17. The Labute approximate surface area is 128 Å². The Morgan fingerprint density at radius 3 is 3.09 bits per heavy atom. The van der Waals surface area contributed by atoms with Gasteiger partial charge in [-0.15, -0.1) is 0 Å². The van der Waals surface area contributed by atoms with Crippen molar-refractivity contribution in [1.29, 1.82) is 0 Å². The topological polar surface area (TPSA) is 59.5 Å². The van der Waals surface area contributed by atoms with Gasteiger partial charge in [-0.3, -0.25) is 0 Å². The molecule has 0 aromatic carbocycles. The molecule has 114 valence electrons. The van der Waals surface area contributed by atoms with Gasteiger partial charge in [0.1, 0.15) is 17.3 Å². The monoisotopic (exact) mass is 297 g/mol. The zero-order chi connectivity index (χ0) is 15.1. The van der Waals surface area contributed by atoms with Crippen LogP contribution in [0.3, 0.4) is 0 Å². The lowest BCUT2D eigenvalue weighted by molar-refractivity contribution is 0.368. The molecule has 0 spiro atoms. The fourth-order valence-electron chi connectivity index (χ4n) is 3.17. The molecular formula is C16H19N5O. The van der Waals surface area contributed by atoms with Crippen LogP contribution in [0.4, 0.5) is 5.82 Å². The molecule has 4 rings (SSSR count). The van der Waals surface area contributed by atoms with Crippen LogP contribution in [0.15, 0.2) is 22.9 Å². The molecule has 3 aromatic heterocycles. The molecule has 0 saturated carbocycles. The highest BCUT2D eigenvalue weighted by Crippen LogP contribution is 2.26. The summed E-state index contributed by atoms with van der Waals surface area (Å²) in [6, 6.07) is 3.97. The quantitative estimate of drug-likeness (QED) is 0.743. The second-order valence-corrected chi connectivity index (χ2v) is 5.95. The molecular weight excluding hydrogens is 278 g/mol. The first-order valence-corrected chi connectivity index (χ1v) is 7.71. The molecule has 0 fully saturated rings. The number of hydrogen-bond acceptors (Lipinski definition) is 5. The van der Waals surface area contributed by atoms with Gasteiger partial charge < -0.3 is 9.42 Å². The lowest BCUT2D eigenvalue weighted by atomic mass is 9.96. The molecule has 6 nitrogen and oxygen atoms in total. The van der Waals surface area contributed by atoms with Gasteiger partial charge >= 0.3 is 0 Å². The highest BCUT2D eigenvalue weighted by molar-refractivity contribution is 5.50. The Morgan fingerprint density at radius 2 is 2.18 bits per heavy atom. The van der Waals surface area contributed by atoms with Crippen molar-refractivity contribution in [2.45, 2.75) is 39.2 Å². The second-order valence-electron chi connectivity index (χ2n) is 5.95. The largest absolute Gasteiger partial charge is 0.361 e. The molecule has 0 amide bonds. The maximum Gasteiger partial charge on any atom is 0.157 e. The van der Waals surface area contributed by atoms with E-state index in [-0.39, 0.29) is 0 Å². The smallest absolute Gasteiger partial charge is 0.157 e. The highest BCUT2D eigenvalue weighted by atomic mass is 16.5. The molecule has 3 aromatic rings. The minimum absolute atomic E-state index is 0.719. The maximum absolute atomic E-state index is 5.51. The number of nitrogens with zero attached hydrogens (tertiary/aromatic N) is 5. The normalized spacial score (nSPS) is 14.3. The summed E-state index contributed by atoms with van der Waals surface area (Å²) < 4.78 is 7.37. The summed E-state index contributed by atoms with van der Waals surface area (Å²) in [6.45, 7) is 2.72. The van der Waals surface area contributed by atoms with Gasteiger partial charge in [0.15, 0.2) is 5.65 Å². The van der Waals surface area contributed by atoms with Crippen molar-refractivity contribution in [3.05, 3.63) is 41.0 Å². The minimum atomic E-state index is 0.719. The van der Waals surface area contributed by atoms with Gasteiger partial charge in [-0.1, -0.05) is 5.16 Å². The van der Waals surface area contributed by atoms with E-state index in [0.717, 1.165) is 48.0 Å². The number of aryl methyl sites for hydroxylation is 2. The molecule has 0 atom stereocenters.